The minimum absolute atomic E-state index is 0.121. The second-order valence-electron chi connectivity index (χ2n) is 2.78. The maximum absolute atomic E-state index is 12.9. The summed E-state index contributed by atoms with van der Waals surface area (Å²) in [6, 6.07) is 1.84. The number of phenols is 1. The van der Waals surface area contributed by atoms with Gasteiger partial charge in [-0.15, -0.1) is 0 Å². The second kappa shape index (κ2) is 3.59. The first-order chi connectivity index (χ1) is 6.06. The number of rotatable bonds is 2. The van der Waals surface area contributed by atoms with E-state index in [9.17, 15) is 9.50 Å². The van der Waals surface area contributed by atoms with Crippen molar-refractivity contribution in [1.29, 1.82) is 0 Å². The van der Waals surface area contributed by atoms with E-state index >= 15 is 0 Å². The molecule has 0 aliphatic heterocycles. The molecule has 0 aliphatic rings. The fraction of sp³-hybridized carbons (Fsp3) is 0.250. The molecule has 0 bridgehead atoms. The standard InChI is InChI=1S/C8H12FN3O/c9-6-2-4(11)1-5(8(6)13)7(12)3-10/h1-2,7,13H,3,10-12H2/t7-/m1/s1. The first kappa shape index (κ1) is 9.76. The molecule has 72 valence electrons. The number of anilines is 1. The quantitative estimate of drug-likeness (QED) is 0.387. The van der Waals surface area contributed by atoms with Crippen LogP contribution >= 0.6 is 0 Å². The first-order valence-electron chi connectivity index (χ1n) is 3.79. The van der Waals surface area contributed by atoms with Crippen LogP contribution in [-0.2, 0) is 0 Å². The van der Waals surface area contributed by atoms with Crippen molar-refractivity contribution in [3.05, 3.63) is 23.5 Å². The van der Waals surface area contributed by atoms with Crippen molar-refractivity contribution >= 4 is 5.69 Å². The molecule has 0 amide bonds. The zero-order valence-corrected chi connectivity index (χ0v) is 7.00. The molecule has 0 spiro atoms. The summed E-state index contributed by atoms with van der Waals surface area (Å²) in [5.74, 6) is -1.26. The molecule has 1 aromatic carbocycles. The third kappa shape index (κ3) is 1.88. The second-order valence-corrected chi connectivity index (χ2v) is 2.78. The Morgan fingerprint density at radius 2 is 2.08 bits per heavy atom. The van der Waals surface area contributed by atoms with Gasteiger partial charge in [0.25, 0.3) is 0 Å². The van der Waals surface area contributed by atoms with Gasteiger partial charge in [-0.1, -0.05) is 0 Å². The molecule has 5 heteroatoms. The third-order valence-corrected chi connectivity index (χ3v) is 1.77. The van der Waals surface area contributed by atoms with Gasteiger partial charge in [-0.05, 0) is 6.07 Å². The Morgan fingerprint density at radius 1 is 1.46 bits per heavy atom. The molecule has 1 aromatic rings. The molecule has 1 rings (SSSR count). The number of hydrogen-bond acceptors (Lipinski definition) is 4. The van der Waals surface area contributed by atoms with Gasteiger partial charge in [0, 0.05) is 29.9 Å². The van der Waals surface area contributed by atoms with Crippen LogP contribution in [0.1, 0.15) is 11.6 Å². The van der Waals surface area contributed by atoms with Crippen molar-refractivity contribution in [1.82, 2.24) is 0 Å². The van der Waals surface area contributed by atoms with Gasteiger partial charge in [-0.2, -0.15) is 0 Å². The van der Waals surface area contributed by atoms with Gasteiger partial charge in [0.2, 0.25) is 0 Å². The highest BCUT2D eigenvalue weighted by Gasteiger charge is 2.13. The van der Waals surface area contributed by atoms with Crippen molar-refractivity contribution in [2.75, 3.05) is 12.3 Å². The highest BCUT2D eigenvalue weighted by molar-refractivity contribution is 5.49. The topological polar surface area (TPSA) is 98.3 Å². The Balaban J connectivity index is 3.20. The van der Waals surface area contributed by atoms with Crippen LogP contribution in [0.25, 0.3) is 0 Å². The average molecular weight is 185 g/mol. The molecule has 0 aliphatic carbocycles. The Hall–Kier alpha value is -1.33. The lowest BCUT2D eigenvalue weighted by atomic mass is 10.1. The van der Waals surface area contributed by atoms with E-state index in [-0.39, 0.29) is 17.8 Å². The number of phenolic OH excluding ortho intramolecular Hbond substituents is 1. The fourth-order valence-corrected chi connectivity index (χ4v) is 1.05. The van der Waals surface area contributed by atoms with Gasteiger partial charge < -0.3 is 22.3 Å². The monoisotopic (exact) mass is 185 g/mol. The molecule has 0 heterocycles. The number of hydrogen-bond donors (Lipinski definition) is 4. The third-order valence-electron chi connectivity index (χ3n) is 1.77. The lowest BCUT2D eigenvalue weighted by Crippen LogP contribution is -2.21. The van der Waals surface area contributed by atoms with Crippen LogP contribution < -0.4 is 17.2 Å². The smallest absolute Gasteiger partial charge is 0.167 e. The minimum Gasteiger partial charge on any atom is -0.505 e. The van der Waals surface area contributed by atoms with Crippen LogP contribution in [-0.4, -0.2) is 11.7 Å². The molecule has 0 fully saturated rings. The summed E-state index contributed by atoms with van der Waals surface area (Å²) in [5.41, 5.74) is 16.6. The molecule has 0 saturated heterocycles. The fourth-order valence-electron chi connectivity index (χ4n) is 1.05. The maximum Gasteiger partial charge on any atom is 0.167 e. The van der Waals surface area contributed by atoms with E-state index < -0.39 is 17.6 Å². The average Bonchev–Trinajstić information content (AvgIpc) is 2.10. The Kier molecular flexibility index (Phi) is 2.69. The molecule has 4 nitrogen and oxygen atoms in total. The molecular formula is C8H12FN3O. The van der Waals surface area contributed by atoms with E-state index in [0.717, 1.165) is 6.07 Å². The molecule has 0 unspecified atom stereocenters. The molecular weight excluding hydrogens is 173 g/mol. The summed E-state index contributed by atoms with van der Waals surface area (Å²) in [6.07, 6.45) is 0. The summed E-state index contributed by atoms with van der Waals surface area (Å²) >= 11 is 0. The SMILES string of the molecule is NC[C@@H](N)c1cc(N)cc(F)c1O. The molecule has 1 atom stereocenters. The number of aromatic hydroxyl groups is 1. The molecule has 7 N–H and O–H groups in total. The summed E-state index contributed by atoms with van der Waals surface area (Å²) in [7, 11) is 0. The van der Waals surface area contributed by atoms with Gasteiger partial charge in [-0.25, -0.2) is 4.39 Å². The zero-order valence-electron chi connectivity index (χ0n) is 7.00. The molecule has 0 aromatic heterocycles. The van der Waals surface area contributed by atoms with Gasteiger partial charge in [0.05, 0.1) is 0 Å². The van der Waals surface area contributed by atoms with E-state index in [1.165, 1.54) is 6.07 Å². The summed E-state index contributed by atoms with van der Waals surface area (Å²) in [5, 5.41) is 9.26. The lowest BCUT2D eigenvalue weighted by molar-refractivity contribution is 0.421. The Bertz CT molecular complexity index is 317. The Labute approximate surface area is 75.1 Å². The van der Waals surface area contributed by atoms with Gasteiger partial charge in [0.1, 0.15) is 0 Å². The predicted octanol–water partition coefficient (Wildman–Crippen LogP) is 0.0720. The minimum atomic E-state index is -0.779. The van der Waals surface area contributed by atoms with Crippen LogP contribution in [0.5, 0.6) is 5.75 Å². The van der Waals surface area contributed by atoms with Crippen molar-refractivity contribution in [3.8, 4) is 5.75 Å². The van der Waals surface area contributed by atoms with E-state index in [4.69, 9.17) is 17.2 Å². The number of nitrogens with two attached hydrogens (primary N) is 3. The predicted molar refractivity (Wildman–Crippen MR) is 48.5 cm³/mol. The summed E-state index contributed by atoms with van der Waals surface area (Å²) in [6.45, 7) is 0.121. The maximum atomic E-state index is 12.9. The van der Waals surface area contributed by atoms with Crippen LogP contribution in [0.15, 0.2) is 12.1 Å². The summed E-state index contributed by atoms with van der Waals surface area (Å²) in [4.78, 5) is 0. The number of nitrogen functional groups attached to an aromatic ring is 1. The van der Waals surface area contributed by atoms with E-state index in [0.29, 0.717) is 0 Å². The van der Waals surface area contributed by atoms with Crippen LogP contribution in [0.2, 0.25) is 0 Å². The Morgan fingerprint density at radius 3 is 2.62 bits per heavy atom. The van der Waals surface area contributed by atoms with Gasteiger partial charge in [-0.3, -0.25) is 0 Å². The highest BCUT2D eigenvalue weighted by atomic mass is 19.1. The molecule has 0 radical (unpaired) electrons. The molecule has 0 saturated carbocycles. The normalized spacial score (nSPS) is 12.8. The largest absolute Gasteiger partial charge is 0.505 e. The van der Waals surface area contributed by atoms with Crippen molar-refractivity contribution in [2.45, 2.75) is 6.04 Å². The van der Waals surface area contributed by atoms with Crippen LogP contribution in [0.3, 0.4) is 0 Å². The van der Waals surface area contributed by atoms with Gasteiger partial charge >= 0.3 is 0 Å². The van der Waals surface area contributed by atoms with Crippen molar-refractivity contribution in [2.24, 2.45) is 11.5 Å². The number of halogens is 1. The first-order valence-corrected chi connectivity index (χ1v) is 3.79. The summed E-state index contributed by atoms with van der Waals surface area (Å²) < 4.78 is 12.9. The van der Waals surface area contributed by atoms with E-state index in [2.05, 4.69) is 0 Å². The van der Waals surface area contributed by atoms with E-state index in [1.54, 1.807) is 0 Å². The van der Waals surface area contributed by atoms with Crippen molar-refractivity contribution in [3.63, 3.8) is 0 Å². The van der Waals surface area contributed by atoms with E-state index in [1.807, 2.05) is 0 Å². The van der Waals surface area contributed by atoms with Crippen molar-refractivity contribution < 1.29 is 9.50 Å². The lowest BCUT2D eigenvalue weighted by Gasteiger charge is -2.12. The zero-order chi connectivity index (χ0) is 10.0. The highest BCUT2D eigenvalue weighted by Crippen LogP contribution is 2.27. The van der Waals surface area contributed by atoms with Crippen LogP contribution in [0.4, 0.5) is 10.1 Å². The molecule has 13 heavy (non-hydrogen) atoms. The van der Waals surface area contributed by atoms with Crippen LogP contribution in [0, 0.1) is 5.82 Å². The number of benzene rings is 1. The van der Waals surface area contributed by atoms with Gasteiger partial charge in [0.15, 0.2) is 11.6 Å².